The van der Waals surface area contributed by atoms with Gasteiger partial charge in [-0.25, -0.2) is 4.98 Å². The summed E-state index contributed by atoms with van der Waals surface area (Å²) in [5.74, 6) is -0.377. The highest BCUT2D eigenvalue weighted by atomic mass is 32.2. The molecule has 6 nitrogen and oxygen atoms in total. The van der Waals surface area contributed by atoms with Crippen molar-refractivity contribution < 1.29 is 4.79 Å². The number of fused-ring (bicyclic) bond motifs is 3. The molecular formula is C24H20N4O2S2. The number of pyridine rings is 2. The van der Waals surface area contributed by atoms with Crippen molar-refractivity contribution in [2.75, 3.05) is 0 Å². The van der Waals surface area contributed by atoms with Crippen LogP contribution >= 0.6 is 23.1 Å². The third-order valence-electron chi connectivity index (χ3n) is 5.38. The van der Waals surface area contributed by atoms with Gasteiger partial charge >= 0.3 is 0 Å². The van der Waals surface area contributed by atoms with Crippen molar-refractivity contribution in [2.24, 2.45) is 0 Å². The Morgan fingerprint density at radius 3 is 2.78 bits per heavy atom. The Balaban J connectivity index is 1.65. The minimum Gasteiger partial charge on any atom is -0.345 e. The van der Waals surface area contributed by atoms with Gasteiger partial charge in [0.15, 0.2) is 5.43 Å². The van der Waals surface area contributed by atoms with Crippen LogP contribution in [0.25, 0.3) is 5.69 Å². The highest BCUT2D eigenvalue weighted by Crippen LogP contribution is 2.43. The van der Waals surface area contributed by atoms with Crippen molar-refractivity contribution >= 4 is 29.0 Å². The molecule has 0 radical (unpaired) electrons. The molecule has 0 aliphatic carbocycles. The molecule has 1 amide bonds. The number of amides is 1. The second-order valence-electron chi connectivity index (χ2n) is 7.45. The summed E-state index contributed by atoms with van der Waals surface area (Å²) in [6, 6.07) is 15.5. The summed E-state index contributed by atoms with van der Waals surface area (Å²) in [5, 5.41) is 5.51. The van der Waals surface area contributed by atoms with Gasteiger partial charge in [0.25, 0.3) is 5.91 Å². The Labute approximate surface area is 193 Å². The van der Waals surface area contributed by atoms with Crippen LogP contribution in [0.1, 0.15) is 37.7 Å². The molecule has 0 spiro atoms. The number of benzene rings is 1. The molecular weight excluding hydrogens is 440 g/mol. The van der Waals surface area contributed by atoms with E-state index >= 15 is 0 Å². The lowest BCUT2D eigenvalue weighted by molar-refractivity contribution is 0.0948. The van der Waals surface area contributed by atoms with Crippen LogP contribution in [0, 0.1) is 6.92 Å². The third-order valence-corrected chi connectivity index (χ3v) is 7.45. The Hall–Kier alpha value is -3.23. The van der Waals surface area contributed by atoms with Gasteiger partial charge in [-0.05, 0) is 31.2 Å². The van der Waals surface area contributed by atoms with Crippen LogP contribution in [0.2, 0.25) is 0 Å². The molecule has 4 heterocycles. The number of hydrogen-bond acceptors (Lipinski definition) is 6. The molecule has 0 saturated carbocycles. The summed E-state index contributed by atoms with van der Waals surface area (Å²) in [5.41, 5.74) is 3.32. The van der Waals surface area contributed by atoms with Gasteiger partial charge in [0.1, 0.15) is 10.6 Å². The summed E-state index contributed by atoms with van der Waals surface area (Å²) in [6.07, 6.45) is 3.98. The quantitative estimate of drug-likeness (QED) is 0.491. The van der Waals surface area contributed by atoms with Gasteiger partial charge in [-0.2, -0.15) is 0 Å². The molecule has 0 saturated heterocycles. The van der Waals surface area contributed by atoms with E-state index in [2.05, 4.69) is 21.4 Å². The average molecular weight is 461 g/mol. The van der Waals surface area contributed by atoms with Gasteiger partial charge in [0, 0.05) is 46.5 Å². The van der Waals surface area contributed by atoms with Crippen molar-refractivity contribution in [3.63, 3.8) is 0 Å². The number of aromatic nitrogens is 3. The van der Waals surface area contributed by atoms with Crippen molar-refractivity contribution in [3.05, 3.63) is 104 Å². The highest BCUT2D eigenvalue weighted by molar-refractivity contribution is 7.99. The van der Waals surface area contributed by atoms with Crippen molar-refractivity contribution in [1.82, 2.24) is 19.9 Å². The zero-order chi connectivity index (χ0) is 22.1. The predicted octanol–water partition coefficient (Wildman–Crippen LogP) is 4.32. The van der Waals surface area contributed by atoms with Gasteiger partial charge in [-0.3, -0.25) is 14.6 Å². The van der Waals surface area contributed by atoms with E-state index in [1.165, 1.54) is 11.3 Å². The van der Waals surface area contributed by atoms with E-state index in [9.17, 15) is 9.59 Å². The molecule has 1 atom stereocenters. The maximum absolute atomic E-state index is 13.2. The number of carbonyl (C=O) groups is 1. The molecule has 1 aliphatic rings. The molecule has 1 unspecified atom stereocenters. The second-order valence-corrected chi connectivity index (χ2v) is 9.67. The molecule has 1 aromatic carbocycles. The number of nitrogens with one attached hydrogen (secondary N) is 1. The summed E-state index contributed by atoms with van der Waals surface area (Å²) in [7, 11) is 0. The lowest BCUT2D eigenvalue weighted by atomic mass is 10.0. The number of nitrogens with zero attached hydrogens (tertiary/aromatic N) is 3. The fourth-order valence-corrected chi connectivity index (χ4v) is 5.79. The van der Waals surface area contributed by atoms with Crippen LogP contribution in [0.4, 0.5) is 0 Å². The van der Waals surface area contributed by atoms with Crippen LogP contribution in [0.3, 0.4) is 0 Å². The fourth-order valence-electron chi connectivity index (χ4n) is 3.99. The number of hydrogen-bond donors (Lipinski definition) is 1. The van der Waals surface area contributed by atoms with Crippen LogP contribution in [-0.4, -0.2) is 20.4 Å². The van der Waals surface area contributed by atoms with E-state index in [0.29, 0.717) is 12.1 Å². The van der Waals surface area contributed by atoms with E-state index < -0.39 is 0 Å². The molecule has 1 N–H and O–H groups in total. The van der Waals surface area contributed by atoms with Crippen LogP contribution in [0.5, 0.6) is 0 Å². The number of carbonyl (C=O) groups excluding carboxylic acids is 1. The largest absolute Gasteiger partial charge is 0.345 e. The van der Waals surface area contributed by atoms with Gasteiger partial charge in [0.2, 0.25) is 0 Å². The zero-order valence-corrected chi connectivity index (χ0v) is 19.0. The molecule has 1 aliphatic heterocycles. The first-order chi connectivity index (χ1) is 15.6. The first kappa shape index (κ1) is 20.7. The van der Waals surface area contributed by atoms with Gasteiger partial charge < -0.3 is 9.88 Å². The Morgan fingerprint density at radius 1 is 1.16 bits per heavy atom. The van der Waals surface area contributed by atoms with Crippen LogP contribution in [0.15, 0.2) is 76.0 Å². The maximum atomic E-state index is 13.2. The van der Waals surface area contributed by atoms with E-state index in [1.54, 1.807) is 30.2 Å². The van der Waals surface area contributed by atoms with Crippen molar-refractivity contribution in [1.29, 1.82) is 0 Å². The molecule has 0 fully saturated rings. The normalized spacial score (nSPS) is 14.8. The Bertz CT molecular complexity index is 1330. The Morgan fingerprint density at radius 2 is 2.00 bits per heavy atom. The molecule has 5 rings (SSSR count). The third kappa shape index (κ3) is 3.87. The summed E-state index contributed by atoms with van der Waals surface area (Å²) in [4.78, 5) is 36.2. The minimum atomic E-state index is -0.377. The first-order valence-electron chi connectivity index (χ1n) is 10.2. The topological polar surface area (TPSA) is 76.9 Å². The molecule has 160 valence electrons. The van der Waals surface area contributed by atoms with Gasteiger partial charge in [0.05, 0.1) is 23.2 Å². The average Bonchev–Trinajstić information content (AvgIpc) is 3.26. The smallest absolute Gasteiger partial charge is 0.257 e. The van der Waals surface area contributed by atoms with Crippen molar-refractivity contribution in [3.8, 4) is 5.69 Å². The second kappa shape index (κ2) is 8.72. The summed E-state index contributed by atoms with van der Waals surface area (Å²) < 4.78 is 2.05. The van der Waals surface area contributed by atoms with Crippen molar-refractivity contribution in [2.45, 2.75) is 30.0 Å². The fraction of sp³-hybridized carbons (Fsp3) is 0.167. The lowest BCUT2D eigenvalue weighted by Crippen LogP contribution is -2.32. The zero-order valence-electron chi connectivity index (χ0n) is 17.3. The van der Waals surface area contributed by atoms with Crippen LogP contribution < -0.4 is 10.7 Å². The monoisotopic (exact) mass is 460 g/mol. The molecule has 8 heteroatoms. The SMILES string of the molecule is Cc1cc(=O)c(C(=O)NCc2nccs2)c2n1-c1ccccc1SC(c1ccccn1)C2. The molecule has 0 bridgehead atoms. The summed E-state index contributed by atoms with van der Waals surface area (Å²) in [6.45, 7) is 2.20. The number of para-hydroxylation sites is 1. The predicted molar refractivity (Wildman–Crippen MR) is 127 cm³/mol. The van der Waals surface area contributed by atoms with Gasteiger partial charge in [-0.1, -0.05) is 18.2 Å². The number of aryl methyl sites for hydroxylation is 1. The first-order valence-corrected chi connectivity index (χ1v) is 12.0. The van der Waals surface area contributed by atoms with Gasteiger partial charge in [-0.15, -0.1) is 23.1 Å². The van der Waals surface area contributed by atoms with E-state index in [0.717, 1.165) is 27.0 Å². The number of rotatable bonds is 4. The minimum absolute atomic E-state index is 0.0298. The lowest BCUT2D eigenvalue weighted by Gasteiger charge is -2.19. The summed E-state index contributed by atoms with van der Waals surface area (Å²) >= 11 is 3.17. The van der Waals surface area contributed by atoms with Crippen LogP contribution in [-0.2, 0) is 13.0 Å². The van der Waals surface area contributed by atoms with E-state index in [-0.39, 0.29) is 28.7 Å². The standard InChI is InChI=1S/C24H20N4O2S2/c1-15-12-19(29)23(24(30)27-14-22-26-10-11-31-22)18-13-21(16-6-4-5-9-25-16)32-20-8-3-2-7-17(20)28(15)18/h2-12,21H,13-14H2,1H3,(H,27,30). The van der Waals surface area contributed by atoms with E-state index in [1.807, 2.05) is 53.3 Å². The molecule has 4 aromatic rings. The number of thioether (sulfide) groups is 1. The number of thiazole rings is 1. The molecule has 32 heavy (non-hydrogen) atoms. The Kier molecular flexibility index (Phi) is 5.63. The van der Waals surface area contributed by atoms with E-state index in [4.69, 9.17) is 0 Å². The maximum Gasteiger partial charge on any atom is 0.257 e. The molecule has 3 aromatic heterocycles. The highest BCUT2D eigenvalue weighted by Gasteiger charge is 2.29.